The van der Waals surface area contributed by atoms with Crippen LogP contribution in [-0.4, -0.2) is 55.9 Å². The maximum absolute atomic E-state index is 6.19. The monoisotopic (exact) mass is 428 g/mol. The molecule has 2 saturated heterocycles. The van der Waals surface area contributed by atoms with Crippen LogP contribution in [0.25, 0.3) is 0 Å². The van der Waals surface area contributed by atoms with E-state index in [1.807, 2.05) is 0 Å². The van der Waals surface area contributed by atoms with Crippen molar-refractivity contribution in [3.8, 4) is 0 Å². The Labute approximate surface area is 191 Å². The van der Waals surface area contributed by atoms with E-state index in [0.29, 0.717) is 0 Å². The minimum Gasteiger partial charge on any atom is -0.399 e. The molecular formula is C26H45BN2O2. The maximum atomic E-state index is 6.19. The summed E-state index contributed by atoms with van der Waals surface area (Å²) in [6.07, 6.45) is 11.2. The Bertz CT molecular complexity index is 638. The average molecular weight is 428 g/mol. The van der Waals surface area contributed by atoms with Crippen molar-refractivity contribution in [1.82, 2.24) is 4.90 Å². The molecule has 2 aliphatic heterocycles. The smallest absolute Gasteiger partial charge is 0.399 e. The summed E-state index contributed by atoms with van der Waals surface area (Å²) in [5.41, 5.74) is 1.84. The molecule has 2 heterocycles. The fraction of sp³-hybridized carbons (Fsp3) is 0.769. The van der Waals surface area contributed by atoms with E-state index in [1.165, 1.54) is 76.7 Å². The van der Waals surface area contributed by atoms with Crippen molar-refractivity contribution in [2.24, 2.45) is 0 Å². The first-order valence-electron chi connectivity index (χ1n) is 12.8. The lowest BCUT2D eigenvalue weighted by molar-refractivity contribution is 0.00578. The first-order valence-corrected chi connectivity index (χ1v) is 12.8. The molecule has 1 aromatic carbocycles. The predicted octanol–water partition coefficient (Wildman–Crippen LogP) is 5.25. The van der Waals surface area contributed by atoms with Crippen LogP contribution >= 0.6 is 0 Å². The second kappa shape index (κ2) is 11.2. The Kier molecular flexibility index (Phi) is 8.89. The van der Waals surface area contributed by atoms with Crippen LogP contribution in [0.3, 0.4) is 0 Å². The molecule has 174 valence electrons. The molecule has 0 amide bonds. The van der Waals surface area contributed by atoms with Gasteiger partial charge in [0, 0.05) is 31.9 Å². The molecule has 0 aliphatic carbocycles. The number of benzene rings is 1. The summed E-state index contributed by atoms with van der Waals surface area (Å²) in [6, 6.07) is 8.80. The van der Waals surface area contributed by atoms with Gasteiger partial charge in [0.1, 0.15) is 0 Å². The van der Waals surface area contributed by atoms with Gasteiger partial charge < -0.3 is 14.2 Å². The topological polar surface area (TPSA) is 24.9 Å². The van der Waals surface area contributed by atoms with E-state index in [1.54, 1.807) is 0 Å². The Balaban J connectivity index is 1.36. The van der Waals surface area contributed by atoms with E-state index in [4.69, 9.17) is 9.31 Å². The number of rotatable bonds is 11. The van der Waals surface area contributed by atoms with E-state index in [9.17, 15) is 0 Å². The fourth-order valence-corrected chi connectivity index (χ4v) is 4.52. The van der Waals surface area contributed by atoms with Crippen molar-refractivity contribution in [2.45, 2.75) is 97.2 Å². The lowest BCUT2D eigenvalue weighted by atomic mass is 9.79. The van der Waals surface area contributed by atoms with E-state index in [2.05, 4.69) is 68.7 Å². The number of nitrogens with zero attached hydrogens (tertiary/aromatic N) is 2. The summed E-state index contributed by atoms with van der Waals surface area (Å²) < 4.78 is 12.4. The summed E-state index contributed by atoms with van der Waals surface area (Å²) in [4.78, 5) is 5.16. The zero-order valence-corrected chi connectivity index (χ0v) is 20.8. The summed E-state index contributed by atoms with van der Waals surface area (Å²) in [5.74, 6) is 0. The molecule has 0 atom stereocenters. The first kappa shape index (κ1) is 24.6. The Morgan fingerprint density at radius 3 is 1.81 bits per heavy atom. The Morgan fingerprint density at radius 2 is 1.26 bits per heavy atom. The van der Waals surface area contributed by atoms with Crippen LogP contribution in [-0.2, 0) is 9.31 Å². The van der Waals surface area contributed by atoms with Crippen LogP contribution in [0.15, 0.2) is 24.3 Å². The molecule has 1 aromatic rings. The van der Waals surface area contributed by atoms with Gasteiger partial charge in [-0.15, -0.1) is 0 Å². The molecule has 0 spiro atoms. The van der Waals surface area contributed by atoms with Crippen LogP contribution < -0.4 is 10.4 Å². The molecule has 2 aliphatic rings. The molecule has 0 unspecified atom stereocenters. The van der Waals surface area contributed by atoms with Crippen LogP contribution in [0, 0.1) is 0 Å². The van der Waals surface area contributed by atoms with Crippen LogP contribution in [0.2, 0.25) is 0 Å². The molecule has 4 nitrogen and oxygen atoms in total. The lowest BCUT2D eigenvalue weighted by Gasteiger charge is -2.36. The van der Waals surface area contributed by atoms with Gasteiger partial charge in [-0.25, -0.2) is 0 Å². The number of unbranched alkanes of at least 4 members (excludes halogenated alkanes) is 7. The number of anilines is 1. The van der Waals surface area contributed by atoms with Gasteiger partial charge in [-0.1, -0.05) is 64.0 Å². The van der Waals surface area contributed by atoms with Crippen molar-refractivity contribution >= 4 is 18.3 Å². The van der Waals surface area contributed by atoms with Crippen LogP contribution in [0.4, 0.5) is 5.69 Å². The zero-order chi connectivity index (χ0) is 22.3. The summed E-state index contributed by atoms with van der Waals surface area (Å²) in [5, 5.41) is 0. The van der Waals surface area contributed by atoms with Gasteiger partial charge in [0.05, 0.1) is 11.2 Å². The predicted molar refractivity (Wildman–Crippen MR) is 133 cm³/mol. The molecule has 2 fully saturated rings. The average Bonchev–Trinajstić information content (AvgIpc) is 2.97. The molecule has 0 saturated carbocycles. The summed E-state index contributed by atoms with van der Waals surface area (Å²) >= 11 is 0. The molecule has 0 aromatic heterocycles. The second-order valence-electron chi connectivity index (χ2n) is 10.5. The Morgan fingerprint density at radius 1 is 0.742 bits per heavy atom. The third-order valence-corrected chi connectivity index (χ3v) is 7.48. The number of hydrogen-bond acceptors (Lipinski definition) is 4. The summed E-state index contributed by atoms with van der Waals surface area (Å²) in [7, 11) is -0.275. The molecular weight excluding hydrogens is 383 g/mol. The maximum Gasteiger partial charge on any atom is 0.494 e. The molecule has 0 bridgehead atoms. The number of hydrogen-bond donors (Lipinski definition) is 0. The van der Waals surface area contributed by atoms with E-state index in [-0.39, 0.29) is 18.3 Å². The fourth-order valence-electron chi connectivity index (χ4n) is 4.52. The summed E-state index contributed by atoms with van der Waals surface area (Å²) in [6.45, 7) is 16.6. The van der Waals surface area contributed by atoms with Crippen molar-refractivity contribution < 1.29 is 9.31 Å². The van der Waals surface area contributed by atoms with E-state index in [0.717, 1.165) is 18.6 Å². The highest BCUT2D eigenvalue weighted by molar-refractivity contribution is 6.62. The number of piperazine rings is 1. The minimum atomic E-state index is -0.290. The lowest BCUT2D eigenvalue weighted by Crippen LogP contribution is -2.46. The molecule has 5 heteroatoms. The highest BCUT2D eigenvalue weighted by atomic mass is 16.7. The van der Waals surface area contributed by atoms with Gasteiger partial charge in [-0.2, -0.15) is 0 Å². The molecule has 0 N–H and O–H groups in total. The third-order valence-electron chi connectivity index (χ3n) is 7.48. The minimum absolute atomic E-state index is 0.275. The molecule has 3 rings (SSSR count). The van der Waals surface area contributed by atoms with Crippen molar-refractivity contribution in [3.05, 3.63) is 24.3 Å². The SMILES string of the molecule is CCCCCCCCCCN1CCN(c2ccc(B3OC(C)(C)C(C)(C)O3)cc2)CC1. The van der Waals surface area contributed by atoms with Gasteiger partial charge in [0.15, 0.2) is 0 Å². The van der Waals surface area contributed by atoms with Crippen LogP contribution in [0.1, 0.15) is 86.0 Å². The van der Waals surface area contributed by atoms with Gasteiger partial charge in [-0.3, -0.25) is 4.90 Å². The van der Waals surface area contributed by atoms with Crippen molar-refractivity contribution in [1.29, 1.82) is 0 Å². The highest BCUT2D eigenvalue weighted by Crippen LogP contribution is 2.36. The second-order valence-corrected chi connectivity index (χ2v) is 10.5. The quantitative estimate of drug-likeness (QED) is 0.355. The van der Waals surface area contributed by atoms with E-state index < -0.39 is 0 Å². The molecule has 0 radical (unpaired) electrons. The third kappa shape index (κ3) is 6.72. The Hall–Kier alpha value is -1.04. The van der Waals surface area contributed by atoms with Gasteiger partial charge in [0.25, 0.3) is 0 Å². The van der Waals surface area contributed by atoms with Gasteiger partial charge >= 0.3 is 7.12 Å². The standard InChI is InChI=1S/C26H45BN2O2/c1-6-7-8-9-10-11-12-13-18-28-19-21-29(22-20-28)24-16-14-23(15-17-24)27-30-25(2,3)26(4,5)31-27/h14-17H,6-13,18-22H2,1-5H3. The van der Waals surface area contributed by atoms with Crippen molar-refractivity contribution in [3.63, 3.8) is 0 Å². The molecule has 31 heavy (non-hydrogen) atoms. The largest absolute Gasteiger partial charge is 0.494 e. The van der Waals surface area contributed by atoms with Gasteiger partial charge in [-0.05, 0) is 58.3 Å². The first-order chi connectivity index (χ1) is 14.8. The van der Waals surface area contributed by atoms with E-state index >= 15 is 0 Å². The van der Waals surface area contributed by atoms with Crippen LogP contribution in [0.5, 0.6) is 0 Å². The zero-order valence-electron chi connectivity index (χ0n) is 20.8. The van der Waals surface area contributed by atoms with Gasteiger partial charge in [0.2, 0.25) is 0 Å². The van der Waals surface area contributed by atoms with Crippen molar-refractivity contribution in [2.75, 3.05) is 37.6 Å². The normalized spacial score (nSPS) is 21.1. The highest BCUT2D eigenvalue weighted by Gasteiger charge is 2.51.